The van der Waals surface area contributed by atoms with E-state index >= 15 is 0 Å². The van der Waals surface area contributed by atoms with Crippen LogP contribution in [-0.4, -0.2) is 43.0 Å². The van der Waals surface area contributed by atoms with Gasteiger partial charge in [0.2, 0.25) is 10.0 Å². The van der Waals surface area contributed by atoms with Crippen molar-refractivity contribution in [2.45, 2.75) is 32.0 Å². The zero-order chi connectivity index (χ0) is 20.3. The molecule has 8 heteroatoms. The molecule has 1 aliphatic heterocycles. The smallest absolute Gasteiger partial charge is 0.325 e. The van der Waals surface area contributed by atoms with Crippen LogP contribution in [0.25, 0.3) is 0 Å². The largest absolute Gasteiger partial charge is 0.451 e. The molecule has 0 fully saturated rings. The topological polar surface area (TPSA) is 92.8 Å². The van der Waals surface area contributed by atoms with E-state index in [9.17, 15) is 18.0 Å². The van der Waals surface area contributed by atoms with Gasteiger partial charge in [-0.2, -0.15) is 4.31 Å². The fraction of sp³-hybridized carbons (Fsp3) is 0.300. The second kappa shape index (κ2) is 8.12. The van der Waals surface area contributed by atoms with Gasteiger partial charge in [-0.25, -0.2) is 8.42 Å². The lowest BCUT2D eigenvalue weighted by atomic mass is 9.96. The number of anilines is 1. The second-order valence-electron chi connectivity index (χ2n) is 6.73. The first-order chi connectivity index (χ1) is 13.3. The third kappa shape index (κ3) is 4.58. The maximum atomic E-state index is 12.7. The van der Waals surface area contributed by atoms with Gasteiger partial charge in [0.05, 0.1) is 6.26 Å². The van der Waals surface area contributed by atoms with E-state index in [1.807, 2.05) is 30.3 Å². The summed E-state index contributed by atoms with van der Waals surface area (Å²) in [6.07, 6.45) is 0.202. The Morgan fingerprint density at radius 3 is 2.32 bits per heavy atom. The highest BCUT2D eigenvalue weighted by molar-refractivity contribution is 7.88. The summed E-state index contributed by atoms with van der Waals surface area (Å²) in [5, 5.41) is 2.66. The van der Waals surface area contributed by atoms with E-state index in [-0.39, 0.29) is 13.0 Å². The Kier molecular flexibility index (Phi) is 5.81. The number of fused-ring (bicyclic) bond motifs is 1. The number of rotatable bonds is 5. The first kappa shape index (κ1) is 20.0. The van der Waals surface area contributed by atoms with Crippen molar-refractivity contribution in [1.29, 1.82) is 0 Å². The Morgan fingerprint density at radius 2 is 1.68 bits per heavy atom. The lowest BCUT2D eigenvalue weighted by Gasteiger charge is -2.33. The second-order valence-corrected chi connectivity index (χ2v) is 8.67. The van der Waals surface area contributed by atoms with Gasteiger partial charge in [-0.15, -0.1) is 0 Å². The number of para-hydroxylation sites is 1. The Morgan fingerprint density at radius 1 is 1.07 bits per heavy atom. The number of nitrogens with one attached hydrogen (secondary N) is 1. The molecule has 1 aliphatic rings. The van der Waals surface area contributed by atoms with E-state index < -0.39 is 34.0 Å². The number of esters is 1. The van der Waals surface area contributed by atoms with Gasteiger partial charge in [0, 0.05) is 18.7 Å². The maximum absolute atomic E-state index is 12.7. The number of carbonyl (C=O) groups excluding carboxylic acids is 2. The molecule has 0 spiro atoms. The molecule has 148 valence electrons. The van der Waals surface area contributed by atoms with Crippen molar-refractivity contribution in [1.82, 2.24) is 4.31 Å². The minimum absolute atomic E-state index is 0.0966. The first-order valence-electron chi connectivity index (χ1n) is 8.85. The van der Waals surface area contributed by atoms with Crippen molar-refractivity contribution >= 4 is 27.6 Å². The third-order valence-electron chi connectivity index (χ3n) is 4.61. The van der Waals surface area contributed by atoms with E-state index in [0.717, 1.165) is 21.7 Å². The van der Waals surface area contributed by atoms with Crippen LogP contribution in [0.1, 0.15) is 18.1 Å². The molecule has 1 amide bonds. The molecule has 0 radical (unpaired) electrons. The average Bonchev–Trinajstić information content (AvgIpc) is 2.67. The van der Waals surface area contributed by atoms with Crippen LogP contribution in [-0.2, 0) is 37.3 Å². The van der Waals surface area contributed by atoms with Crippen molar-refractivity contribution in [3.05, 3.63) is 65.7 Å². The van der Waals surface area contributed by atoms with Gasteiger partial charge in [-0.1, -0.05) is 42.5 Å². The fourth-order valence-corrected chi connectivity index (χ4v) is 4.12. The van der Waals surface area contributed by atoms with Crippen LogP contribution in [0, 0.1) is 0 Å². The maximum Gasteiger partial charge on any atom is 0.325 e. The Balaban J connectivity index is 1.73. The number of benzene rings is 2. The summed E-state index contributed by atoms with van der Waals surface area (Å²) in [5.74, 6) is -1.22. The van der Waals surface area contributed by atoms with E-state index in [1.54, 1.807) is 24.3 Å². The predicted octanol–water partition coefficient (Wildman–Crippen LogP) is 1.94. The molecule has 2 atom stereocenters. The van der Waals surface area contributed by atoms with Gasteiger partial charge >= 0.3 is 5.97 Å². The van der Waals surface area contributed by atoms with Gasteiger partial charge in [-0.05, 0) is 30.2 Å². The third-order valence-corrected chi connectivity index (χ3v) is 5.84. The zero-order valence-electron chi connectivity index (χ0n) is 15.7. The van der Waals surface area contributed by atoms with Gasteiger partial charge in [0.1, 0.15) is 6.04 Å². The summed E-state index contributed by atoms with van der Waals surface area (Å²) in [4.78, 5) is 25.0. The van der Waals surface area contributed by atoms with E-state index in [2.05, 4.69) is 5.32 Å². The molecular formula is C20H22N2O5S. The van der Waals surface area contributed by atoms with Crippen molar-refractivity contribution in [2.75, 3.05) is 11.6 Å². The molecule has 2 aromatic carbocycles. The normalized spacial score (nSPS) is 18.0. The molecule has 0 unspecified atom stereocenters. The summed E-state index contributed by atoms with van der Waals surface area (Å²) in [7, 11) is -3.64. The Bertz CT molecular complexity index is 975. The molecule has 28 heavy (non-hydrogen) atoms. The molecule has 0 aliphatic carbocycles. The number of hydrogen-bond acceptors (Lipinski definition) is 5. The van der Waals surface area contributed by atoms with Crippen LogP contribution < -0.4 is 5.32 Å². The van der Waals surface area contributed by atoms with E-state index in [0.29, 0.717) is 5.69 Å². The summed E-state index contributed by atoms with van der Waals surface area (Å²) >= 11 is 0. The molecule has 2 aromatic rings. The number of amides is 1. The zero-order valence-corrected chi connectivity index (χ0v) is 16.5. The number of sulfonamides is 1. The van der Waals surface area contributed by atoms with E-state index in [1.165, 1.54) is 6.92 Å². The van der Waals surface area contributed by atoms with Crippen molar-refractivity contribution in [3.63, 3.8) is 0 Å². The molecule has 0 bridgehead atoms. The van der Waals surface area contributed by atoms with Gasteiger partial charge in [0.25, 0.3) is 5.91 Å². The fourth-order valence-electron chi connectivity index (χ4n) is 3.12. The summed E-state index contributed by atoms with van der Waals surface area (Å²) in [5.41, 5.74) is 2.33. The van der Waals surface area contributed by atoms with Crippen molar-refractivity contribution in [3.8, 4) is 0 Å². The van der Waals surface area contributed by atoms with Gasteiger partial charge in [0.15, 0.2) is 6.10 Å². The standard InChI is InChI=1S/C20H22N2O5S/c1-14(19(23)21-17-10-4-3-5-11-17)27-20(24)18-12-15-8-6-7-9-16(15)13-22(18)28(2,25)26/h3-11,14,18H,12-13H2,1-2H3,(H,21,23)/t14-,18+/m1/s1. The molecule has 1 heterocycles. The number of nitrogens with zero attached hydrogens (tertiary/aromatic N) is 1. The van der Waals surface area contributed by atoms with E-state index in [4.69, 9.17) is 4.74 Å². The first-order valence-corrected chi connectivity index (χ1v) is 10.7. The van der Waals surface area contributed by atoms with Gasteiger partial charge < -0.3 is 10.1 Å². The summed E-state index contributed by atoms with van der Waals surface area (Å²) in [6, 6.07) is 15.2. The monoisotopic (exact) mass is 402 g/mol. The molecule has 0 saturated carbocycles. The van der Waals surface area contributed by atoms with Crippen LogP contribution in [0.5, 0.6) is 0 Å². The SMILES string of the molecule is C[C@@H](OC(=O)[C@@H]1Cc2ccccc2CN1S(C)(=O)=O)C(=O)Nc1ccccc1. The van der Waals surface area contributed by atoms with Crippen molar-refractivity contribution < 1.29 is 22.7 Å². The number of ether oxygens (including phenoxy) is 1. The molecular weight excluding hydrogens is 380 g/mol. The molecule has 7 nitrogen and oxygen atoms in total. The predicted molar refractivity (Wildman–Crippen MR) is 105 cm³/mol. The highest BCUT2D eigenvalue weighted by atomic mass is 32.2. The molecule has 0 aromatic heterocycles. The van der Waals surface area contributed by atoms with Crippen LogP contribution in [0.4, 0.5) is 5.69 Å². The number of carbonyl (C=O) groups is 2. The Hall–Kier alpha value is -2.71. The lowest BCUT2D eigenvalue weighted by Crippen LogP contribution is -2.50. The Labute approximate surface area is 164 Å². The van der Waals surface area contributed by atoms with Crippen LogP contribution in [0.3, 0.4) is 0 Å². The van der Waals surface area contributed by atoms with Gasteiger partial charge in [-0.3, -0.25) is 9.59 Å². The molecule has 1 N–H and O–H groups in total. The highest BCUT2D eigenvalue weighted by Gasteiger charge is 2.38. The lowest BCUT2D eigenvalue weighted by molar-refractivity contribution is -0.157. The summed E-state index contributed by atoms with van der Waals surface area (Å²) < 4.78 is 30.9. The van der Waals surface area contributed by atoms with Crippen LogP contribution >= 0.6 is 0 Å². The minimum Gasteiger partial charge on any atom is -0.451 e. The minimum atomic E-state index is -3.64. The van der Waals surface area contributed by atoms with Crippen LogP contribution in [0.15, 0.2) is 54.6 Å². The molecule has 3 rings (SSSR count). The van der Waals surface area contributed by atoms with Crippen molar-refractivity contribution in [2.24, 2.45) is 0 Å². The van der Waals surface area contributed by atoms with Crippen LogP contribution in [0.2, 0.25) is 0 Å². The summed E-state index contributed by atoms with van der Waals surface area (Å²) in [6.45, 7) is 1.55. The number of hydrogen-bond donors (Lipinski definition) is 1. The molecule has 0 saturated heterocycles. The highest BCUT2D eigenvalue weighted by Crippen LogP contribution is 2.26. The average molecular weight is 402 g/mol. The quantitative estimate of drug-likeness (QED) is 0.772.